The molecule has 0 amide bonds. The van der Waals surface area contributed by atoms with Crippen LogP contribution in [0.15, 0.2) is 66.8 Å². The zero-order valence-electron chi connectivity index (χ0n) is 24.6. The molecule has 0 aliphatic carbocycles. The number of benzene rings is 2. The molecular formula is C33H40O9. The van der Waals surface area contributed by atoms with E-state index in [-0.39, 0.29) is 12.6 Å². The van der Waals surface area contributed by atoms with Crippen molar-refractivity contribution >= 4 is 30.1 Å². The first-order valence-corrected chi connectivity index (χ1v) is 13.8. The summed E-state index contributed by atoms with van der Waals surface area (Å²) in [6, 6.07) is 12.7. The van der Waals surface area contributed by atoms with Crippen molar-refractivity contribution in [3.63, 3.8) is 0 Å². The molecule has 9 nitrogen and oxygen atoms in total. The predicted octanol–water partition coefficient (Wildman–Crippen LogP) is 5.97. The van der Waals surface area contributed by atoms with Crippen LogP contribution >= 0.6 is 0 Å². The minimum Gasteiger partial charge on any atom is -0.494 e. The number of ether oxygens (including phenoxy) is 6. The lowest BCUT2D eigenvalue weighted by atomic mass is 10.2. The van der Waals surface area contributed by atoms with E-state index < -0.39 is 11.9 Å². The number of esters is 3. The Hall–Kier alpha value is -4.53. The van der Waals surface area contributed by atoms with Gasteiger partial charge in [-0.25, -0.2) is 14.4 Å². The molecule has 0 unspecified atom stereocenters. The first kappa shape index (κ1) is 33.7. The predicted molar refractivity (Wildman–Crippen MR) is 160 cm³/mol. The third-order valence-electron chi connectivity index (χ3n) is 5.77. The van der Waals surface area contributed by atoms with Gasteiger partial charge in [-0.05, 0) is 80.2 Å². The van der Waals surface area contributed by atoms with Crippen LogP contribution in [0.25, 0.3) is 12.2 Å². The highest BCUT2D eigenvalue weighted by Gasteiger charge is 2.06. The van der Waals surface area contributed by atoms with Crippen LogP contribution in [0.3, 0.4) is 0 Å². The van der Waals surface area contributed by atoms with Gasteiger partial charge in [-0.2, -0.15) is 0 Å². The Kier molecular flexibility index (Phi) is 15.7. The van der Waals surface area contributed by atoms with Crippen molar-refractivity contribution in [1.29, 1.82) is 0 Å². The Bertz CT molecular complexity index is 1210. The summed E-state index contributed by atoms with van der Waals surface area (Å²) in [5.74, 6) is 0.598. The fraction of sp³-hybridized carbons (Fsp3) is 0.364. The van der Waals surface area contributed by atoms with Gasteiger partial charge in [0.05, 0.1) is 40.6 Å². The molecule has 0 heterocycles. The Morgan fingerprint density at radius 3 is 2.00 bits per heavy atom. The van der Waals surface area contributed by atoms with Crippen molar-refractivity contribution in [3.05, 3.63) is 77.9 Å². The topological polar surface area (TPSA) is 107 Å². The number of hydrogen-bond acceptors (Lipinski definition) is 9. The lowest BCUT2D eigenvalue weighted by molar-refractivity contribution is -0.139. The van der Waals surface area contributed by atoms with Gasteiger partial charge >= 0.3 is 17.9 Å². The molecule has 0 aromatic heterocycles. The summed E-state index contributed by atoms with van der Waals surface area (Å²) >= 11 is 0. The SMILES string of the molecule is C=C(C)C(=O)OCCCCCCOc1ccc(/C=C/C(=O)OCCCOc2ccc(/C=C/C(=O)OC)cc2OC)cc1. The van der Waals surface area contributed by atoms with Crippen LogP contribution in [-0.4, -0.2) is 58.6 Å². The van der Waals surface area contributed by atoms with Gasteiger partial charge < -0.3 is 28.4 Å². The molecule has 0 saturated carbocycles. The minimum atomic E-state index is -0.445. The first-order chi connectivity index (χ1) is 20.3. The molecule has 0 aliphatic heterocycles. The summed E-state index contributed by atoms with van der Waals surface area (Å²) in [5.41, 5.74) is 2.03. The summed E-state index contributed by atoms with van der Waals surface area (Å²) in [4.78, 5) is 34.6. The molecule has 2 rings (SSSR count). The van der Waals surface area contributed by atoms with Crippen molar-refractivity contribution in [3.8, 4) is 17.2 Å². The summed E-state index contributed by atoms with van der Waals surface area (Å²) < 4.78 is 31.8. The van der Waals surface area contributed by atoms with Crippen LogP contribution in [0.4, 0.5) is 0 Å². The third-order valence-corrected chi connectivity index (χ3v) is 5.77. The van der Waals surface area contributed by atoms with Gasteiger partial charge in [0.15, 0.2) is 11.5 Å². The lowest BCUT2D eigenvalue weighted by Crippen LogP contribution is -2.07. The van der Waals surface area contributed by atoms with E-state index in [9.17, 15) is 14.4 Å². The van der Waals surface area contributed by atoms with Gasteiger partial charge in [0.1, 0.15) is 5.75 Å². The van der Waals surface area contributed by atoms with E-state index >= 15 is 0 Å². The highest BCUT2D eigenvalue weighted by Crippen LogP contribution is 2.28. The van der Waals surface area contributed by atoms with Crippen LogP contribution in [0.2, 0.25) is 0 Å². The molecule has 2 aromatic rings. The quantitative estimate of drug-likeness (QED) is 0.0860. The fourth-order valence-corrected chi connectivity index (χ4v) is 3.48. The van der Waals surface area contributed by atoms with Crippen molar-refractivity contribution in [2.24, 2.45) is 0 Å². The van der Waals surface area contributed by atoms with Gasteiger partial charge in [-0.1, -0.05) is 24.8 Å². The van der Waals surface area contributed by atoms with E-state index in [1.54, 1.807) is 37.3 Å². The Morgan fingerprint density at radius 1 is 0.690 bits per heavy atom. The summed E-state index contributed by atoms with van der Waals surface area (Å²) in [6.07, 6.45) is 10.2. The van der Waals surface area contributed by atoms with Gasteiger partial charge in [0.2, 0.25) is 0 Å². The zero-order valence-corrected chi connectivity index (χ0v) is 24.6. The number of unbranched alkanes of at least 4 members (excludes halogenated alkanes) is 3. The fourth-order valence-electron chi connectivity index (χ4n) is 3.48. The van der Waals surface area contributed by atoms with Crippen LogP contribution in [0, 0.1) is 0 Å². The van der Waals surface area contributed by atoms with Crippen LogP contribution in [-0.2, 0) is 28.6 Å². The van der Waals surface area contributed by atoms with E-state index in [0.717, 1.165) is 42.6 Å². The number of carbonyl (C=O) groups is 3. The van der Waals surface area contributed by atoms with E-state index in [1.807, 2.05) is 24.3 Å². The normalized spacial score (nSPS) is 10.8. The van der Waals surface area contributed by atoms with E-state index in [1.165, 1.54) is 26.4 Å². The average Bonchev–Trinajstić information content (AvgIpc) is 3.00. The summed E-state index contributed by atoms with van der Waals surface area (Å²) in [6.45, 7) is 6.74. The van der Waals surface area contributed by atoms with Crippen molar-refractivity contribution < 1.29 is 42.8 Å². The minimum absolute atomic E-state index is 0.206. The molecule has 9 heteroatoms. The molecule has 42 heavy (non-hydrogen) atoms. The summed E-state index contributed by atoms with van der Waals surface area (Å²) in [7, 11) is 2.85. The van der Waals surface area contributed by atoms with Crippen LogP contribution in [0.5, 0.6) is 17.2 Å². The zero-order chi connectivity index (χ0) is 30.6. The van der Waals surface area contributed by atoms with E-state index in [4.69, 9.17) is 23.7 Å². The highest BCUT2D eigenvalue weighted by molar-refractivity contribution is 5.88. The maximum absolute atomic E-state index is 12.1. The standard InChI is InChI=1S/C33H40O9/c1-25(2)33(36)42-21-8-6-5-7-20-39-28-15-10-26(11-16-28)13-19-32(35)41-23-9-22-40-29-17-12-27(24-30(29)37-3)14-18-31(34)38-4/h10-19,24H,1,5-9,20-23H2,2-4H3/b18-14+,19-13+. The maximum atomic E-state index is 12.1. The number of methoxy groups -OCH3 is 2. The Labute approximate surface area is 247 Å². The molecule has 0 atom stereocenters. The largest absolute Gasteiger partial charge is 0.494 e. The van der Waals surface area contributed by atoms with Crippen molar-refractivity contribution in [2.45, 2.75) is 39.0 Å². The molecule has 0 aliphatic rings. The monoisotopic (exact) mass is 580 g/mol. The molecule has 0 saturated heterocycles. The molecule has 0 bridgehead atoms. The number of rotatable bonds is 19. The van der Waals surface area contributed by atoms with Gasteiger partial charge in [0.25, 0.3) is 0 Å². The van der Waals surface area contributed by atoms with Gasteiger partial charge in [-0.3, -0.25) is 0 Å². The Balaban J connectivity index is 1.60. The smallest absolute Gasteiger partial charge is 0.333 e. The molecular weight excluding hydrogens is 540 g/mol. The second kappa shape index (κ2) is 19.5. The Morgan fingerprint density at radius 2 is 1.31 bits per heavy atom. The van der Waals surface area contributed by atoms with Crippen molar-refractivity contribution in [1.82, 2.24) is 0 Å². The first-order valence-electron chi connectivity index (χ1n) is 13.8. The number of carbonyl (C=O) groups excluding carboxylic acids is 3. The second-order valence-corrected chi connectivity index (χ2v) is 9.22. The summed E-state index contributed by atoms with van der Waals surface area (Å²) in [5, 5.41) is 0. The lowest BCUT2D eigenvalue weighted by Gasteiger charge is -2.11. The molecule has 0 spiro atoms. The van der Waals surface area contributed by atoms with Crippen LogP contribution in [0.1, 0.15) is 50.2 Å². The van der Waals surface area contributed by atoms with E-state index in [0.29, 0.717) is 43.3 Å². The van der Waals surface area contributed by atoms with Crippen molar-refractivity contribution in [2.75, 3.05) is 40.6 Å². The van der Waals surface area contributed by atoms with Gasteiger partial charge in [-0.15, -0.1) is 0 Å². The van der Waals surface area contributed by atoms with Crippen LogP contribution < -0.4 is 14.2 Å². The molecule has 0 fully saturated rings. The average molecular weight is 581 g/mol. The van der Waals surface area contributed by atoms with Gasteiger partial charge in [0, 0.05) is 24.1 Å². The molecule has 226 valence electrons. The highest BCUT2D eigenvalue weighted by atomic mass is 16.5. The van der Waals surface area contributed by atoms with E-state index in [2.05, 4.69) is 11.3 Å². The molecule has 2 aromatic carbocycles. The number of hydrogen-bond donors (Lipinski definition) is 0. The molecule has 0 radical (unpaired) electrons. The maximum Gasteiger partial charge on any atom is 0.333 e. The third kappa shape index (κ3) is 13.7. The second-order valence-electron chi connectivity index (χ2n) is 9.22. The molecule has 0 N–H and O–H groups in total.